The van der Waals surface area contributed by atoms with Crippen LogP contribution in [0.2, 0.25) is 5.02 Å². The van der Waals surface area contributed by atoms with E-state index in [0.29, 0.717) is 32.8 Å². The van der Waals surface area contributed by atoms with Gasteiger partial charge in [0.15, 0.2) is 5.06 Å². The molecule has 0 aliphatic carbocycles. The van der Waals surface area contributed by atoms with Crippen LogP contribution in [0.1, 0.15) is 29.4 Å². The summed E-state index contributed by atoms with van der Waals surface area (Å²) in [5.74, 6) is 1.04. The van der Waals surface area contributed by atoms with Gasteiger partial charge in [-0.2, -0.15) is 0 Å². The van der Waals surface area contributed by atoms with E-state index >= 15 is 0 Å². The Morgan fingerprint density at radius 2 is 2.12 bits per heavy atom. The average Bonchev–Trinajstić information content (AvgIpc) is 3.09. The van der Waals surface area contributed by atoms with Crippen molar-refractivity contribution in [3.63, 3.8) is 0 Å². The molecule has 3 fully saturated rings. The molecule has 2 atom stereocenters. The number of hydrogen-bond donors (Lipinski definition) is 1. The zero-order valence-corrected chi connectivity index (χ0v) is 15.5. The standard InChI is InChI=1S/C18H20ClN3O2S/c1-11-17(12-6-8-22(11)9-7-12)21-18(23)14-3-5-16(25-14)24-15-4-2-13(19)10-20-15/h2-5,10-12,17H,6-9H2,1H3,(H,21,23). The van der Waals surface area contributed by atoms with Gasteiger partial charge < -0.3 is 10.1 Å². The third-order valence-corrected chi connectivity index (χ3v) is 6.37. The third-order valence-electron chi connectivity index (χ3n) is 5.19. The molecule has 0 saturated carbocycles. The van der Waals surface area contributed by atoms with Gasteiger partial charge in [0.1, 0.15) is 0 Å². The molecule has 2 bridgehead atoms. The largest absolute Gasteiger partial charge is 0.428 e. The molecule has 2 unspecified atom stereocenters. The van der Waals surface area contributed by atoms with Crippen LogP contribution in [0.5, 0.6) is 10.9 Å². The lowest BCUT2D eigenvalue weighted by molar-refractivity contribution is 0.0218. The highest BCUT2D eigenvalue weighted by Crippen LogP contribution is 2.33. The topological polar surface area (TPSA) is 54.5 Å². The van der Waals surface area contributed by atoms with Gasteiger partial charge in [-0.1, -0.05) is 22.9 Å². The van der Waals surface area contributed by atoms with Crippen LogP contribution in [-0.4, -0.2) is 41.0 Å². The maximum absolute atomic E-state index is 12.6. The van der Waals surface area contributed by atoms with E-state index < -0.39 is 0 Å². The fourth-order valence-electron chi connectivity index (χ4n) is 3.79. The first-order valence-corrected chi connectivity index (χ1v) is 9.74. The van der Waals surface area contributed by atoms with Crippen LogP contribution in [-0.2, 0) is 0 Å². The summed E-state index contributed by atoms with van der Waals surface area (Å²) in [5, 5.41) is 4.44. The zero-order valence-electron chi connectivity index (χ0n) is 13.9. The highest BCUT2D eigenvalue weighted by atomic mass is 35.5. The van der Waals surface area contributed by atoms with Gasteiger partial charge in [-0.3, -0.25) is 9.69 Å². The number of carbonyl (C=O) groups is 1. The number of carbonyl (C=O) groups excluding carboxylic acids is 1. The minimum absolute atomic E-state index is 0.0190. The molecule has 5 rings (SSSR count). The Kier molecular flexibility index (Phi) is 4.67. The molecule has 5 nitrogen and oxygen atoms in total. The Labute approximate surface area is 156 Å². The van der Waals surface area contributed by atoms with Crippen molar-refractivity contribution in [2.45, 2.75) is 31.8 Å². The summed E-state index contributed by atoms with van der Waals surface area (Å²) in [6.07, 6.45) is 3.89. The highest BCUT2D eigenvalue weighted by molar-refractivity contribution is 7.15. The molecule has 2 aromatic rings. The van der Waals surface area contributed by atoms with E-state index in [0.717, 1.165) is 13.1 Å². The molecule has 0 spiro atoms. The summed E-state index contributed by atoms with van der Waals surface area (Å²) in [6.45, 7) is 4.53. The molecule has 3 aliphatic rings. The second kappa shape index (κ2) is 6.94. The van der Waals surface area contributed by atoms with Gasteiger partial charge >= 0.3 is 0 Å². The van der Waals surface area contributed by atoms with Crippen molar-refractivity contribution in [3.05, 3.63) is 40.4 Å². The molecular formula is C18H20ClN3O2S. The molecule has 1 N–H and O–H groups in total. The Balaban J connectivity index is 1.41. The van der Waals surface area contributed by atoms with Gasteiger partial charge in [0, 0.05) is 24.3 Å². The van der Waals surface area contributed by atoms with Gasteiger partial charge in [0.25, 0.3) is 5.91 Å². The van der Waals surface area contributed by atoms with E-state index in [-0.39, 0.29) is 11.9 Å². The summed E-state index contributed by atoms with van der Waals surface area (Å²) in [4.78, 5) is 19.9. The summed E-state index contributed by atoms with van der Waals surface area (Å²) in [5.41, 5.74) is 0. The number of thiophene rings is 1. The number of rotatable bonds is 4. The van der Waals surface area contributed by atoms with Crippen LogP contribution in [0, 0.1) is 5.92 Å². The number of nitrogens with one attached hydrogen (secondary N) is 1. The zero-order chi connectivity index (χ0) is 17.4. The highest BCUT2D eigenvalue weighted by Gasteiger charge is 2.40. The SMILES string of the molecule is CC1C(NC(=O)c2ccc(Oc3ccc(Cl)cn3)s2)C2CCN1CC2. The van der Waals surface area contributed by atoms with Gasteiger partial charge in [-0.25, -0.2) is 4.98 Å². The summed E-state index contributed by atoms with van der Waals surface area (Å²) in [7, 11) is 0. The van der Waals surface area contributed by atoms with Gasteiger partial charge in [0.05, 0.1) is 9.90 Å². The van der Waals surface area contributed by atoms with Crippen LogP contribution in [0.25, 0.3) is 0 Å². The molecule has 5 heterocycles. The second-order valence-corrected chi connectivity index (χ2v) is 8.13. The summed E-state index contributed by atoms with van der Waals surface area (Å²) in [6, 6.07) is 7.67. The van der Waals surface area contributed by atoms with E-state index in [4.69, 9.17) is 16.3 Å². The average molecular weight is 378 g/mol. The second-order valence-electron chi connectivity index (χ2n) is 6.65. The molecular weight excluding hydrogens is 358 g/mol. The van der Waals surface area contributed by atoms with Gasteiger partial charge in [0.2, 0.25) is 5.88 Å². The number of ether oxygens (including phenoxy) is 1. The number of piperidine rings is 3. The minimum Gasteiger partial charge on any atom is -0.428 e. The minimum atomic E-state index is -0.0190. The van der Waals surface area contributed by atoms with Crippen molar-refractivity contribution in [3.8, 4) is 10.9 Å². The van der Waals surface area contributed by atoms with Crippen molar-refractivity contribution in [1.29, 1.82) is 0 Å². The monoisotopic (exact) mass is 377 g/mol. The normalized spacial score (nSPS) is 27.9. The Morgan fingerprint density at radius 3 is 2.80 bits per heavy atom. The molecule has 2 aromatic heterocycles. The van der Waals surface area contributed by atoms with E-state index in [2.05, 4.69) is 22.1 Å². The fourth-order valence-corrected chi connectivity index (χ4v) is 4.67. The number of fused-ring (bicyclic) bond motifs is 3. The first kappa shape index (κ1) is 16.8. The van der Waals surface area contributed by atoms with E-state index in [1.807, 2.05) is 0 Å². The van der Waals surface area contributed by atoms with Crippen LogP contribution < -0.4 is 10.1 Å². The van der Waals surface area contributed by atoms with Crippen LogP contribution >= 0.6 is 22.9 Å². The summed E-state index contributed by atoms with van der Waals surface area (Å²) >= 11 is 7.15. The molecule has 3 saturated heterocycles. The Bertz CT molecular complexity index is 754. The first-order valence-electron chi connectivity index (χ1n) is 8.54. The third kappa shape index (κ3) is 3.52. The number of nitrogens with zero attached hydrogens (tertiary/aromatic N) is 2. The van der Waals surface area contributed by atoms with E-state index in [9.17, 15) is 4.79 Å². The fraction of sp³-hybridized carbons (Fsp3) is 0.444. The van der Waals surface area contributed by atoms with Gasteiger partial charge in [-0.15, -0.1) is 0 Å². The maximum Gasteiger partial charge on any atom is 0.261 e. The van der Waals surface area contributed by atoms with Crippen molar-refractivity contribution < 1.29 is 9.53 Å². The number of aromatic nitrogens is 1. The summed E-state index contributed by atoms with van der Waals surface area (Å²) < 4.78 is 5.69. The Hall–Kier alpha value is -1.63. The number of pyridine rings is 1. The molecule has 1 amide bonds. The molecule has 3 aliphatic heterocycles. The van der Waals surface area contributed by atoms with Crippen molar-refractivity contribution in [1.82, 2.24) is 15.2 Å². The lowest BCUT2D eigenvalue weighted by Crippen LogP contribution is -2.62. The van der Waals surface area contributed by atoms with E-state index in [1.54, 1.807) is 24.3 Å². The first-order chi connectivity index (χ1) is 12.1. The van der Waals surface area contributed by atoms with Crippen molar-refractivity contribution in [2.75, 3.05) is 13.1 Å². The van der Waals surface area contributed by atoms with Crippen molar-refractivity contribution >= 4 is 28.8 Å². The molecule has 0 aromatic carbocycles. The Morgan fingerprint density at radius 1 is 1.32 bits per heavy atom. The lowest BCUT2D eigenvalue weighted by Gasteiger charge is -2.49. The predicted molar refractivity (Wildman–Crippen MR) is 98.7 cm³/mol. The molecule has 7 heteroatoms. The number of hydrogen-bond acceptors (Lipinski definition) is 5. The molecule has 0 radical (unpaired) electrons. The molecule has 132 valence electrons. The number of halogens is 1. The lowest BCUT2D eigenvalue weighted by atomic mass is 9.79. The smallest absolute Gasteiger partial charge is 0.261 e. The maximum atomic E-state index is 12.6. The van der Waals surface area contributed by atoms with Crippen LogP contribution in [0.15, 0.2) is 30.5 Å². The molecule has 25 heavy (non-hydrogen) atoms. The number of amides is 1. The van der Waals surface area contributed by atoms with Crippen LogP contribution in [0.4, 0.5) is 0 Å². The van der Waals surface area contributed by atoms with Crippen molar-refractivity contribution in [2.24, 2.45) is 5.92 Å². The van der Waals surface area contributed by atoms with Gasteiger partial charge in [-0.05, 0) is 57.0 Å². The predicted octanol–water partition coefficient (Wildman–Crippen LogP) is 3.80. The van der Waals surface area contributed by atoms with Crippen LogP contribution in [0.3, 0.4) is 0 Å². The van der Waals surface area contributed by atoms with E-state index in [1.165, 1.54) is 30.4 Å². The quantitative estimate of drug-likeness (QED) is 0.880.